The maximum atomic E-state index is 12.7. The van der Waals surface area contributed by atoms with Crippen molar-refractivity contribution < 1.29 is 71.9 Å². The van der Waals surface area contributed by atoms with E-state index >= 15 is 0 Å². The number of nitrogens with zero attached hydrogens (tertiary/aromatic N) is 3. The molecule has 1 rings (SSSR count). The number of carboxylic acid groups (broad SMARTS) is 1. The SMILES string of the molecule is CCOCCOCCOCCOCCOCCOCCOCCOCCOCCOCCOCCNC(=O)C(SCCO)n1cc(C[C@H](N)C(=O)O)nn1. The largest absolute Gasteiger partial charge is 0.480 e. The van der Waals surface area contributed by atoms with E-state index in [1.807, 2.05) is 6.92 Å². The smallest absolute Gasteiger partial charge is 0.320 e. The van der Waals surface area contributed by atoms with Crippen LogP contribution in [0.15, 0.2) is 6.20 Å². The number of ether oxygens (including phenoxy) is 11. The summed E-state index contributed by atoms with van der Waals surface area (Å²) in [6, 6.07) is -1.13. The summed E-state index contributed by atoms with van der Waals surface area (Å²) < 4.78 is 61.1. The Balaban J connectivity index is 1.82. The highest BCUT2D eigenvalue weighted by Crippen LogP contribution is 2.22. The van der Waals surface area contributed by atoms with Gasteiger partial charge in [0.25, 0.3) is 5.91 Å². The lowest BCUT2D eigenvalue weighted by Gasteiger charge is -2.16. The highest BCUT2D eigenvalue weighted by molar-refractivity contribution is 8.00. The Morgan fingerprint density at radius 1 is 0.685 bits per heavy atom. The van der Waals surface area contributed by atoms with Gasteiger partial charge >= 0.3 is 5.97 Å². The first-order valence-electron chi connectivity index (χ1n) is 18.2. The molecule has 1 unspecified atom stereocenters. The Hall–Kier alpha value is -2.09. The molecule has 0 aromatic carbocycles. The van der Waals surface area contributed by atoms with E-state index in [2.05, 4.69) is 15.6 Å². The van der Waals surface area contributed by atoms with Crippen LogP contribution < -0.4 is 11.1 Å². The third-order valence-electron chi connectivity index (χ3n) is 6.61. The summed E-state index contributed by atoms with van der Waals surface area (Å²) in [6.45, 7) is 12.6. The predicted molar refractivity (Wildman–Crippen MR) is 196 cm³/mol. The normalized spacial score (nSPS) is 12.6. The Bertz CT molecular complexity index is 1000. The van der Waals surface area contributed by atoms with Crippen molar-refractivity contribution in [3.05, 3.63) is 11.9 Å². The van der Waals surface area contributed by atoms with Gasteiger partial charge < -0.3 is 73.4 Å². The van der Waals surface area contributed by atoms with Crippen LogP contribution in [0, 0.1) is 0 Å². The van der Waals surface area contributed by atoms with Crippen LogP contribution in [0.1, 0.15) is 18.0 Å². The molecule has 0 spiro atoms. The third kappa shape index (κ3) is 30.2. The molecule has 1 heterocycles. The zero-order chi connectivity index (χ0) is 39.2. The number of carbonyl (C=O) groups is 2. The molecule has 0 saturated heterocycles. The van der Waals surface area contributed by atoms with Crippen molar-refractivity contribution in [1.82, 2.24) is 20.3 Å². The number of hydrogen-bond acceptors (Lipinski definition) is 18. The molecule has 0 aliphatic heterocycles. The highest BCUT2D eigenvalue weighted by Gasteiger charge is 2.23. The van der Waals surface area contributed by atoms with Gasteiger partial charge in [-0.2, -0.15) is 0 Å². The van der Waals surface area contributed by atoms with Crippen LogP contribution in [0.2, 0.25) is 0 Å². The third-order valence-corrected chi connectivity index (χ3v) is 7.77. The van der Waals surface area contributed by atoms with Crippen molar-refractivity contribution >= 4 is 23.6 Å². The van der Waals surface area contributed by atoms with Crippen LogP contribution in [-0.4, -0.2) is 207 Å². The quantitative estimate of drug-likeness (QED) is 0.0566. The zero-order valence-corrected chi connectivity index (χ0v) is 32.5. The lowest BCUT2D eigenvalue weighted by molar-refractivity contribution is -0.138. The van der Waals surface area contributed by atoms with E-state index < -0.39 is 17.4 Å². The lowest BCUT2D eigenvalue weighted by Crippen LogP contribution is -2.34. The Kier molecular flexibility index (Phi) is 35.0. The van der Waals surface area contributed by atoms with Crippen LogP contribution >= 0.6 is 11.8 Å². The minimum atomic E-state index is -1.16. The minimum Gasteiger partial charge on any atom is -0.480 e. The van der Waals surface area contributed by atoms with E-state index in [1.165, 1.54) is 22.6 Å². The lowest BCUT2D eigenvalue weighted by atomic mass is 10.2. The van der Waals surface area contributed by atoms with E-state index in [-0.39, 0.29) is 32.1 Å². The molecule has 0 radical (unpaired) electrons. The van der Waals surface area contributed by atoms with E-state index in [4.69, 9.17) is 62.9 Å². The summed E-state index contributed by atoms with van der Waals surface area (Å²) in [5, 5.41) is 28.0. The number of nitrogens with two attached hydrogens (primary N) is 1. The molecule has 5 N–H and O–H groups in total. The Morgan fingerprint density at radius 2 is 1.06 bits per heavy atom. The van der Waals surface area contributed by atoms with Gasteiger partial charge in [-0.05, 0) is 6.92 Å². The van der Waals surface area contributed by atoms with Crippen molar-refractivity contribution in [2.45, 2.75) is 24.8 Å². The molecule has 0 aliphatic rings. The van der Waals surface area contributed by atoms with Crippen LogP contribution in [0.5, 0.6) is 0 Å². The number of amides is 1. The molecule has 1 aromatic heterocycles. The average molecular weight is 802 g/mol. The number of aromatic nitrogens is 3. The van der Waals surface area contributed by atoms with Crippen molar-refractivity contribution in [3.8, 4) is 0 Å². The van der Waals surface area contributed by atoms with Gasteiger partial charge in [0.15, 0.2) is 5.37 Å². The van der Waals surface area contributed by atoms with E-state index in [0.29, 0.717) is 150 Å². The van der Waals surface area contributed by atoms with Crippen molar-refractivity contribution in [3.63, 3.8) is 0 Å². The fourth-order valence-electron chi connectivity index (χ4n) is 3.95. The van der Waals surface area contributed by atoms with Gasteiger partial charge in [-0.25, -0.2) is 4.68 Å². The molecule has 1 amide bonds. The maximum absolute atomic E-state index is 12.7. The molecular formula is C33H63N5O15S. The second-order valence-corrected chi connectivity index (χ2v) is 12.1. The van der Waals surface area contributed by atoms with Crippen molar-refractivity contribution in [2.24, 2.45) is 5.73 Å². The molecule has 316 valence electrons. The van der Waals surface area contributed by atoms with Crippen LogP contribution in [0.4, 0.5) is 0 Å². The summed E-state index contributed by atoms with van der Waals surface area (Å²) in [4.78, 5) is 23.7. The molecule has 0 bridgehead atoms. The predicted octanol–water partition coefficient (Wildman–Crippen LogP) is -1.22. The van der Waals surface area contributed by atoms with Gasteiger partial charge in [0, 0.05) is 25.3 Å². The molecule has 21 heteroatoms. The van der Waals surface area contributed by atoms with Crippen LogP contribution in [-0.2, 0) is 68.1 Å². The maximum Gasteiger partial charge on any atom is 0.320 e. The number of carbonyl (C=O) groups excluding carboxylic acids is 1. The monoisotopic (exact) mass is 801 g/mol. The number of thioether (sulfide) groups is 1. The summed E-state index contributed by atoms with van der Waals surface area (Å²) in [7, 11) is 0. The summed E-state index contributed by atoms with van der Waals surface area (Å²) in [5.74, 6) is -1.22. The van der Waals surface area contributed by atoms with E-state index in [9.17, 15) is 14.7 Å². The summed E-state index contributed by atoms with van der Waals surface area (Å²) in [5.41, 5.74) is 5.89. The van der Waals surface area contributed by atoms with Gasteiger partial charge in [-0.3, -0.25) is 9.59 Å². The average Bonchev–Trinajstić information content (AvgIpc) is 3.62. The van der Waals surface area contributed by atoms with Gasteiger partial charge in [-0.15, -0.1) is 16.9 Å². The zero-order valence-electron chi connectivity index (χ0n) is 31.6. The molecule has 20 nitrogen and oxygen atoms in total. The number of aliphatic carboxylic acids is 1. The van der Waals surface area contributed by atoms with E-state index in [0.717, 1.165) is 0 Å². The first kappa shape index (κ1) is 49.9. The van der Waals surface area contributed by atoms with Gasteiger partial charge in [0.1, 0.15) is 6.04 Å². The highest BCUT2D eigenvalue weighted by atomic mass is 32.2. The molecular weight excluding hydrogens is 738 g/mol. The number of carboxylic acids is 1. The van der Waals surface area contributed by atoms with Crippen molar-refractivity contribution in [2.75, 3.05) is 164 Å². The standard InChI is InChI=1S/C33H63N5O15S/c1-2-43-6-7-45-10-11-47-14-15-49-18-19-51-22-23-53-25-24-52-21-20-50-17-16-48-13-12-46-9-8-44-5-3-35-31(40)32(54-26-4-39)38-28-29(36-37-38)27-30(34)33(41)42/h28,30,32,39H,2-27,34H2,1H3,(H,35,40)(H,41,42)/t30-,32?/m0/s1. The van der Waals surface area contributed by atoms with Crippen molar-refractivity contribution in [1.29, 1.82) is 0 Å². The molecule has 2 atom stereocenters. The van der Waals surface area contributed by atoms with Gasteiger partial charge in [0.2, 0.25) is 0 Å². The molecule has 0 saturated carbocycles. The first-order chi connectivity index (χ1) is 26.5. The molecule has 54 heavy (non-hydrogen) atoms. The molecule has 1 aromatic rings. The fraction of sp³-hybridized carbons (Fsp3) is 0.879. The topological polar surface area (TPSA) is 245 Å². The Morgan fingerprint density at radius 3 is 1.41 bits per heavy atom. The molecule has 0 aliphatic carbocycles. The number of rotatable bonds is 42. The van der Waals surface area contributed by atoms with Crippen LogP contribution in [0.25, 0.3) is 0 Å². The summed E-state index contributed by atoms with van der Waals surface area (Å²) >= 11 is 1.17. The number of nitrogens with one attached hydrogen (secondary N) is 1. The minimum absolute atomic E-state index is 0.0258. The summed E-state index contributed by atoms with van der Waals surface area (Å²) in [6.07, 6.45) is 1.45. The van der Waals surface area contributed by atoms with E-state index in [1.54, 1.807) is 0 Å². The first-order valence-corrected chi connectivity index (χ1v) is 19.3. The van der Waals surface area contributed by atoms with Gasteiger partial charge in [0.05, 0.1) is 157 Å². The number of hydrogen-bond donors (Lipinski definition) is 4. The number of aliphatic hydroxyl groups is 1. The molecule has 0 fully saturated rings. The fourth-order valence-corrected chi connectivity index (χ4v) is 4.77. The Labute approximate surface area is 322 Å². The van der Waals surface area contributed by atoms with Gasteiger partial charge in [-0.1, -0.05) is 5.21 Å². The van der Waals surface area contributed by atoms with Crippen LogP contribution in [0.3, 0.4) is 0 Å². The second-order valence-electron chi connectivity index (χ2n) is 10.9. The second kappa shape index (κ2) is 37.8. The number of aliphatic hydroxyl groups excluding tert-OH is 1.